The normalized spacial score (nSPS) is 11.8. The summed E-state index contributed by atoms with van der Waals surface area (Å²) >= 11 is 0. The summed E-state index contributed by atoms with van der Waals surface area (Å²) in [6.07, 6.45) is 5.52. The number of carbonyl (C=O) groups is 5. The van der Waals surface area contributed by atoms with E-state index in [0.717, 1.165) is 5.57 Å². The summed E-state index contributed by atoms with van der Waals surface area (Å²) in [5.74, 6) is -0.0648. The van der Waals surface area contributed by atoms with E-state index in [9.17, 15) is 29.1 Å². The molecule has 0 atom stereocenters. The first-order valence-corrected chi connectivity index (χ1v) is 16.7. The number of carbonyl (C=O) groups excluding carboxylic acids is 4. The molecule has 258 valence electrons. The van der Waals surface area contributed by atoms with Crippen molar-refractivity contribution in [3.8, 4) is 0 Å². The van der Waals surface area contributed by atoms with Crippen LogP contribution < -0.4 is 58.9 Å². The zero-order valence-electron chi connectivity index (χ0n) is 26.2. The first kappa shape index (κ1) is 38.5. The lowest BCUT2D eigenvalue weighted by Gasteiger charge is -2.09. The van der Waals surface area contributed by atoms with Crippen molar-refractivity contribution in [1.82, 2.24) is 25.3 Å². The predicted octanol–water partition coefficient (Wildman–Crippen LogP) is -2.05. The van der Waals surface area contributed by atoms with Crippen molar-refractivity contribution >= 4 is 75.3 Å². The number of aliphatic carboxylic acids is 1. The van der Waals surface area contributed by atoms with E-state index >= 15 is 0 Å². The van der Waals surface area contributed by atoms with Crippen molar-refractivity contribution in [3.63, 3.8) is 0 Å². The van der Waals surface area contributed by atoms with Crippen molar-refractivity contribution in [2.75, 3.05) is 59.8 Å². The van der Waals surface area contributed by atoms with Gasteiger partial charge in [0.2, 0.25) is 18.8 Å². The molecule has 21 heteroatoms. The molecule has 0 saturated heterocycles. The Hall–Kier alpha value is -4.73. The molecule has 0 unspecified atom stereocenters. The third kappa shape index (κ3) is 11.9. The maximum Gasteiger partial charge on any atom is 0.332 e. The second-order valence-corrected chi connectivity index (χ2v) is 12.3. The fourth-order valence-electron chi connectivity index (χ4n) is 4.04. The summed E-state index contributed by atoms with van der Waals surface area (Å²) in [5, 5.41) is 22.9. The highest BCUT2D eigenvalue weighted by molar-refractivity contribution is 8.76. The molecule has 19 nitrogen and oxygen atoms in total. The summed E-state index contributed by atoms with van der Waals surface area (Å²) < 4.78 is 6.56. The minimum absolute atomic E-state index is 0.0562. The summed E-state index contributed by atoms with van der Waals surface area (Å²) in [6.45, 7) is 1.46. The first-order chi connectivity index (χ1) is 22.5. The average molecular weight is 698 g/mol. The smallest absolute Gasteiger partial charge is 0.332 e. The van der Waals surface area contributed by atoms with E-state index in [0.29, 0.717) is 54.3 Å². The van der Waals surface area contributed by atoms with Gasteiger partial charge in [-0.05, 0) is 0 Å². The average Bonchev–Trinajstić information content (AvgIpc) is 3.45. The molecule has 0 saturated carbocycles. The van der Waals surface area contributed by atoms with Crippen LogP contribution in [0.4, 0.5) is 32.6 Å². The predicted molar refractivity (Wildman–Crippen MR) is 180 cm³/mol. The molecule has 2 heterocycles. The van der Waals surface area contributed by atoms with Gasteiger partial charge < -0.3 is 48.8 Å². The van der Waals surface area contributed by atoms with Crippen molar-refractivity contribution in [2.24, 2.45) is 25.6 Å². The number of carboxylic acids is 1. The number of anilines is 4. The molecule has 0 aliphatic carbocycles. The van der Waals surface area contributed by atoms with Gasteiger partial charge >= 0.3 is 18.0 Å². The monoisotopic (exact) mass is 697 g/mol. The van der Waals surface area contributed by atoms with E-state index in [1.54, 1.807) is 51.4 Å². The lowest BCUT2D eigenvalue weighted by atomic mass is 10.1. The topological polar surface area (TPSA) is 287 Å². The number of carboxylic acid groups (broad SMARTS) is 1. The molecular formula is C26H43N13O6S2+2. The number of nitrogen functional groups attached to an aromatic ring is 2. The van der Waals surface area contributed by atoms with Crippen molar-refractivity contribution in [1.29, 1.82) is 0 Å². The molecule has 2 aromatic heterocycles. The molecule has 47 heavy (non-hydrogen) atoms. The zero-order chi connectivity index (χ0) is 34.9. The SMILES string of the molecule is Cn1c(N)c(NC(=O)NCCN)c[n+]1C/C(=C/NC=O)CSSC/C(C[n+]1cc(NC(=O)NCCN)c(N)n1C)=C(\CC=O)C(=O)O. The van der Waals surface area contributed by atoms with E-state index in [4.69, 9.17) is 22.9 Å². The van der Waals surface area contributed by atoms with Crippen LogP contribution in [0.15, 0.2) is 35.3 Å². The van der Waals surface area contributed by atoms with E-state index in [1.807, 2.05) is 0 Å². The fraction of sp³-hybridized carbons (Fsp3) is 0.423. The zero-order valence-corrected chi connectivity index (χ0v) is 27.8. The molecule has 0 radical (unpaired) electrons. The number of nitrogens with two attached hydrogens (primary N) is 4. The Bertz CT molecular complexity index is 1490. The third-order valence-corrected chi connectivity index (χ3v) is 8.87. The molecular weight excluding hydrogens is 655 g/mol. The van der Waals surface area contributed by atoms with Gasteiger partial charge in [-0.2, -0.15) is 0 Å². The second-order valence-electron chi connectivity index (χ2n) is 9.81. The van der Waals surface area contributed by atoms with Gasteiger partial charge in [0, 0.05) is 61.5 Å². The highest BCUT2D eigenvalue weighted by Crippen LogP contribution is 2.28. The number of nitrogens with one attached hydrogen (secondary N) is 5. The first-order valence-electron chi connectivity index (χ1n) is 14.2. The van der Waals surface area contributed by atoms with Gasteiger partial charge in [-0.15, -0.1) is 18.7 Å². The quantitative estimate of drug-likeness (QED) is 0.0235. The molecule has 2 rings (SSSR count). The fourth-order valence-corrected chi connectivity index (χ4v) is 6.32. The largest absolute Gasteiger partial charge is 0.478 e. The lowest BCUT2D eigenvalue weighted by Crippen LogP contribution is -2.43. The van der Waals surface area contributed by atoms with Crippen LogP contribution in [0.5, 0.6) is 0 Å². The number of amides is 5. The van der Waals surface area contributed by atoms with Crippen LogP contribution in [-0.2, 0) is 41.6 Å². The van der Waals surface area contributed by atoms with Crippen LogP contribution in [0.1, 0.15) is 6.42 Å². The van der Waals surface area contributed by atoms with Crippen LogP contribution in [-0.4, -0.2) is 82.9 Å². The Labute approximate surface area is 278 Å². The number of aromatic nitrogens is 4. The van der Waals surface area contributed by atoms with E-state index < -0.39 is 18.0 Å². The van der Waals surface area contributed by atoms with Crippen molar-refractivity contribution in [2.45, 2.75) is 19.5 Å². The van der Waals surface area contributed by atoms with Gasteiger partial charge in [-0.3, -0.25) is 15.4 Å². The molecule has 2 aromatic rings. The molecule has 0 aromatic carbocycles. The van der Waals surface area contributed by atoms with Gasteiger partial charge in [-0.1, -0.05) is 21.6 Å². The number of nitrogens with zero attached hydrogens (tertiary/aromatic N) is 4. The second kappa shape index (κ2) is 19.7. The number of hydrogen-bond acceptors (Lipinski definition) is 11. The van der Waals surface area contributed by atoms with Crippen LogP contribution >= 0.6 is 21.6 Å². The highest BCUT2D eigenvalue weighted by atomic mass is 33.1. The van der Waals surface area contributed by atoms with Gasteiger partial charge in [0.05, 0.1) is 19.7 Å². The Kier molecular flexibility index (Phi) is 16.1. The summed E-state index contributed by atoms with van der Waals surface area (Å²) in [7, 11) is 6.11. The van der Waals surface area contributed by atoms with Gasteiger partial charge in [-0.25, -0.2) is 14.4 Å². The molecule has 0 aliphatic heterocycles. The lowest BCUT2D eigenvalue weighted by molar-refractivity contribution is -0.765. The van der Waals surface area contributed by atoms with E-state index in [2.05, 4.69) is 26.6 Å². The van der Waals surface area contributed by atoms with Gasteiger partial charge in [0.25, 0.3) is 0 Å². The summed E-state index contributed by atoms with van der Waals surface area (Å²) in [4.78, 5) is 58.7. The maximum absolute atomic E-state index is 12.1. The van der Waals surface area contributed by atoms with Crippen LogP contribution in [0.25, 0.3) is 0 Å². The molecule has 0 aliphatic rings. The number of urea groups is 2. The molecule has 0 spiro atoms. The Morgan fingerprint density at radius 2 is 1.38 bits per heavy atom. The van der Waals surface area contributed by atoms with Crippen LogP contribution in [0.3, 0.4) is 0 Å². The van der Waals surface area contributed by atoms with E-state index in [1.165, 1.54) is 21.6 Å². The molecule has 14 N–H and O–H groups in total. The van der Waals surface area contributed by atoms with Crippen LogP contribution in [0, 0.1) is 0 Å². The molecule has 5 amide bonds. The Morgan fingerprint density at radius 1 is 0.872 bits per heavy atom. The number of hydrogen-bond donors (Lipinski definition) is 10. The van der Waals surface area contributed by atoms with Crippen LogP contribution in [0.2, 0.25) is 0 Å². The standard InChI is InChI=1S/C26H41N13O6S2/c1-36-22(29)20(34-25(44)32-6-4-27)12-38(36)10-17(9-31-16-41)14-46-47-15-18(19(3-8-40)24(42)43)11-39-13-21(23(30)37(39)2)35-26(45)33-7-5-28/h8-9,12-13,16,29-30H,3-7,10-11,14-15,27-28H2,1-2H3,(H6,31,32,33,34,35,41,42,43,44,45)/p+2/b17-9-,19-18+. The Balaban J connectivity index is 2.19. The van der Waals surface area contributed by atoms with Gasteiger partial charge in [0.1, 0.15) is 6.29 Å². The highest BCUT2D eigenvalue weighted by Gasteiger charge is 2.24. The molecule has 0 bridgehead atoms. The maximum atomic E-state index is 12.1. The Morgan fingerprint density at radius 3 is 1.85 bits per heavy atom. The summed E-state index contributed by atoms with van der Waals surface area (Å²) in [6, 6.07) is -0.958. The molecule has 0 fully saturated rings. The summed E-state index contributed by atoms with van der Waals surface area (Å²) in [5.41, 5.74) is 25.0. The number of aldehydes is 1. The van der Waals surface area contributed by atoms with Crippen molar-refractivity contribution in [3.05, 3.63) is 35.3 Å². The third-order valence-electron chi connectivity index (χ3n) is 6.54. The van der Waals surface area contributed by atoms with E-state index in [-0.39, 0.29) is 49.7 Å². The minimum atomic E-state index is -1.23. The number of rotatable bonds is 20. The minimum Gasteiger partial charge on any atom is -0.478 e. The van der Waals surface area contributed by atoms with Crippen molar-refractivity contribution < 1.29 is 38.4 Å². The van der Waals surface area contributed by atoms with Gasteiger partial charge in [0.15, 0.2) is 36.1 Å².